The Morgan fingerprint density at radius 2 is 1.12 bits per heavy atom. The topological polar surface area (TPSA) is 516 Å². The Morgan fingerprint density at radius 3 is 1.66 bits per heavy atom. The molecule has 12 amide bonds. The maximum Gasteiger partial charge on any atom is 0.245 e. The van der Waals surface area contributed by atoms with Crippen molar-refractivity contribution in [2.75, 3.05) is 32.8 Å². The van der Waals surface area contributed by atoms with Crippen LogP contribution in [0.5, 0.6) is 0 Å². The standard InChI is InChI=1S/C59H98N18O13/c1-8-32(5)47(57(89)72-39(18-12-13-23-60)52(84)70-40(20-15-25-66-59(63)64)53(85)71-41(21-22-45(61)79)50(82)68-29-46(62)80)77-55(87)43(27-35-28-67-37-17-11-10-16-36(35)37)74-56(88)44(30-78)75-58(90)48(33(6)9-2)76-54(86)42(26-31(3)4)73-49(81)34(7)69-51(83)38-19-14-24-65-38/h10-11,16-17,28,31-34,38-44,47-48,65,67,78H,8-9,12-15,18-27,29-30,60H2,1-7H3,(H2,61,79)(H2,62,80)(H,68,82)(H,69,83)(H,70,84)(H,71,85)(H,72,89)(H,73,81)(H,74,88)(H,75,90)(H,76,86)(H,77,87)(H4,63,64,66)/t32-,33-,34-,38-,39-,40-,41-,42-,43-,44-,47-,48-/m0/s1. The van der Waals surface area contributed by atoms with Gasteiger partial charge < -0.3 is 97.2 Å². The quantitative estimate of drug-likeness (QED) is 0.0172. The maximum absolute atomic E-state index is 14.8. The van der Waals surface area contributed by atoms with Crippen molar-refractivity contribution in [2.24, 2.45) is 51.4 Å². The number of aliphatic hydroxyl groups is 1. The number of hydrogen-bond donors (Lipinski definition) is 18. The summed E-state index contributed by atoms with van der Waals surface area (Å²) >= 11 is 0. The van der Waals surface area contributed by atoms with Gasteiger partial charge in [-0.2, -0.15) is 0 Å². The van der Waals surface area contributed by atoms with Gasteiger partial charge in [-0.3, -0.25) is 62.5 Å². The number of aliphatic hydroxyl groups excluding tert-OH is 1. The molecule has 90 heavy (non-hydrogen) atoms. The highest BCUT2D eigenvalue weighted by Crippen LogP contribution is 2.21. The number of carbonyl (C=O) groups excluding carboxylic acids is 12. The Balaban J connectivity index is 1.96. The molecular formula is C59H98N18O13. The SMILES string of the molecule is CC[C@H](C)[C@H](NC(=O)[C@H](CC(C)C)NC(=O)[C@H](C)NC(=O)[C@@H]1CCCN1)C(=O)N[C@@H](CO)C(=O)N[C@@H](Cc1c[nH]c2ccccc12)C(=O)N[C@H](C(=O)N[C@@H](CCCCN)C(=O)N[C@@H](CCCN=C(N)N)C(=O)N[C@@H](CCC(N)=O)C(=O)NCC(N)=O)[C@@H](C)CC. The molecule has 0 spiro atoms. The molecular weight excluding hydrogens is 1170 g/mol. The number of para-hydroxylation sites is 1. The van der Waals surface area contributed by atoms with Crippen LogP contribution in [0.2, 0.25) is 0 Å². The smallest absolute Gasteiger partial charge is 0.245 e. The summed E-state index contributed by atoms with van der Waals surface area (Å²) in [6.45, 7) is 11.4. The number of aromatic amines is 1. The third kappa shape index (κ3) is 25.6. The van der Waals surface area contributed by atoms with E-state index in [1.165, 1.54) is 6.92 Å². The summed E-state index contributed by atoms with van der Waals surface area (Å²) in [6.07, 6.45) is 3.73. The highest BCUT2D eigenvalue weighted by atomic mass is 16.3. The van der Waals surface area contributed by atoms with E-state index in [2.05, 4.69) is 68.5 Å². The van der Waals surface area contributed by atoms with Crippen LogP contribution in [-0.4, -0.2) is 180 Å². The van der Waals surface area contributed by atoms with E-state index in [0.717, 1.165) is 6.42 Å². The van der Waals surface area contributed by atoms with E-state index >= 15 is 0 Å². The lowest BCUT2D eigenvalue weighted by Crippen LogP contribution is -2.62. The van der Waals surface area contributed by atoms with Crippen molar-refractivity contribution in [2.45, 2.75) is 192 Å². The van der Waals surface area contributed by atoms with E-state index in [4.69, 9.17) is 28.7 Å². The number of guanidine groups is 1. The number of H-pyrrole nitrogens is 1. The first kappa shape index (κ1) is 75.8. The van der Waals surface area contributed by atoms with E-state index in [9.17, 15) is 62.6 Å². The Morgan fingerprint density at radius 1 is 0.600 bits per heavy atom. The van der Waals surface area contributed by atoms with E-state index in [1.807, 2.05) is 13.8 Å². The van der Waals surface area contributed by atoms with Crippen LogP contribution in [0.1, 0.15) is 131 Å². The van der Waals surface area contributed by atoms with Gasteiger partial charge in [0.15, 0.2) is 5.96 Å². The predicted octanol–water partition coefficient (Wildman–Crippen LogP) is -3.97. The number of fused-ring (bicyclic) bond motifs is 1. The number of nitrogens with one attached hydrogen (secondary N) is 12. The van der Waals surface area contributed by atoms with E-state index in [0.29, 0.717) is 55.1 Å². The van der Waals surface area contributed by atoms with Gasteiger partial charge in [0, 0.05) is 36.5 Å². The molecule has 1 aliphatic heterocycles. The minimum Gasteiger partial charge on any atom is -0.394 e. The molecule has 1 aliphatic rings. The van der Waals surface area contributed by atoms with Crippen molar-refractivity contribution in [3.63, 3.8) is 0 Å². The predicted molar refractivity (Wildman–Crippen MR) is 335 cm³/mol. The van der Waals surface area contributed by atoms with Gasteiger partial charge in [0.25, 0.3) is 0 Å². The largest absolute Gasteiger partial charge is 0.394 e. The van der Waals surface area contributed by atoms with Crippen molar-refractivity contribution in [3.8, 4) is 0 Å². The highest BCUT2D eigenvalue weighted by molar-refractivity contribution is 5.99. The lowest BCUT2D eigenvalue weighted by Gasteiger charge is -2.30. The second kappa shape index (κ2) is 38.8. The summed E-state index contributed by atoms with van der Waals surface area (Å²) in [6, 6.07) is -5.54. The summed E-state index contributed by atoms with van der Waals surface area (Å²) in [5.74, 6) is -11.1. The molecule has 0 radical (unpaired) electrons. The molecule has 23 N–H and O–H groups in total. The molecule has 1 fully saturated rings. The van der Waals surface area contributed by atoms with Gasteiger partial charge in [-0.15, -0.1) is 0 Å². The zero-order chi connectivity index (χ0) is 67.2. The van der Waals surface area contributed by atoms with E-state index in [-0.39, 0.29) is 75.8 Å². The van der Waals surface area contributed by atoms with E-state index in [1.54, 1.807) is 58.2 Å². The molecule has 0 aliphatic carbocycles. The molecule has 2 aromatic rings. The molecule has 0 saturated carbocycles. The average Bonchev–Trinajstić information content (AvgIpc) is 2.17. The number of amides is 12. The maximum atomic E-state index is 14.8. The molecule has 12 atom stereocenters. The van der Waals surface area contributed by atoms with Crippen molar-refractivity contribution >= 4 is 87.7 Å². The lowest BCUT2D eigenvalue weighted by molar-refractivity contribution is -0.137. The number of carbonyl (C=O) groups is 12. The number of nitrogens with zero attached hydrogens (tertiary/aromatic N) is 1. The highest BCUT2D eigenvalue weighted by Gasteiger charge is 2.38. The Labute approximate surface area is 524 Å². The normalized spacial score (nSPS) is 16.5. The molecule has 0 unspecified atom stereocenters. The minimum absolute atomic E-state index is 0.0141. The molecule has 0 bridgehead atoms. The van der Waals surface area contributed by atoms with Crippen molar-refractivity contribution in [1.29, 1.82) is 0 Å². The number of nitrogens with two attached hydrogens (primary N) is 5. The molecule has 31 heteroatoms. The molecule has 3 rings (SSSR count). The minimum atomic E-state index is -1.71. The first-order valence-electron chi connectivity index (χ1n) is 30.9. The zero-order valence-electron chi connectivity index (χ0n) is 52.8. The first-order valence-corrected chi connectivity index (χ1v) is 30.9. The van der Waals surface area contributed by atoms with Gasteiger partial charge in [0.05, 0.1) is 19.2 Å². The van der Waals surface area contributed by atoms with Crippen LogP contribution in [0, 0.1) is 17.8 Å². The number of unbranched alkanes of at least 4 members (excludes halogenated alkanes) is 1. The molecule has 31 nitrogen and oxygen atoms in total. The Bertz CT molecular complexity index is 2790. The van der Waals surface area contributed by atoms with Crippen LogP contribution >= 0.6 is 0 Å². The second-order valence-corrected chi connectivity index (χ2v) is 23.3. The van der Waals surface area contributed by atoms with Gasteiger partial charge >= 0.3 is 0 Å². The van der Waals surface area contributed by atoms with Gasteiger partial charge in [0.1, 0.15) is 54.4 Å². The van der Waals surface area contributed by atoms with E-state index < -0.39 is 150 Å². The summed E-state index contributed by atoms with van der Waals surface area (Å²) in [4.78, 5) is 170. The first-order chi connectivity index (χ1) is 42.6. The lowest BCUT2D eigenvalue weighted by atomic mass is 9.96. The van der Waals surface area contributed by atoms with Gasteiger partial charge in [-0.25, -0.2) is 0 Å². The van der Waals surface area contributed by atoms with Crippen LogP contribution in [0.25, 0.3) is 10.9 Å². The number of hydrogen-bond acceptors (Lipinski definition) is 16. The third-order valence-corrected chi connectivity index (χ3v) is 15.5. The summed E-state index contributed by atoms with van der Waals surface area (Å²) in [5, 5.41) is 40.7. The molecule has 2 heterocycles. The molecule has 1 aromatic heterocycles. The number of benzene rings is 1. The Hall–Kier alpha value is -8.45. The van der Waals surface area contributed by atoms with Crippen molar-refractivity contribution in [1.82, 2.24) is 63.5 Å². The monoisotopic (exact) mass is 1270 g/mol. The van der Waals surface area contributed by atoms with Crippen LogP contribution in [0.15, 0.2) is 35.5 Å². The molecule has 1 saturated heterocycles. The fourth-order valence-electron chi connectivity index (χ4n) is 9.85. The van der Waals surface area contributed by atoms with Crippen LogP contribution in [-0.2, 0) is 64.0 Å². The molecule has 502 valence electrons. The fourth-order valence-corrected chi connectivity index (χ4v) is 9.85. The van der Waals surface area contributed by atoms with Gasteiger partial charge in [0.2, 0.25) is 70.9 Å². The average molecular weight is 1270 g/mol. The second-order valence-electron chi connectivity index (χ2n) is 23.3. The van der Waals surface area contributed by atoms with Crippen LogP contribution in [0.3, 0.4) is 0 Å². The molecule has 1 aromatic carbocycles. The van der Waals surface area contributed by atoms with Crippen molar-refractivity contribution < 1.29 is 62.6 Å². The van der Waals surface area contributed by atoms with Gasteiger partial charge in [-0.05, 0) is 107 Å². The number of primary amides is 2. The third-order valence-electron chi connectivity index (χ3n) is 15.5. The Kier molecular flexibility index (Phi) is 32.7. The van der Waals surface area contributed by atoms with Crippen molar-refractivity contribution in [3.05, 3.63) is 36.0 Å². The fraction of sp³-hybridized carbons (Fsp3) is 0.644. The summed E-state index contributed by atoms with van der Waals surface area (Å²) in [7, 11) is 0. The summed E-state index contributed by atoms with van der Waals surface area (Å²) in [5.41, 5.74) is 28.6. The zero-order valence-corrected chi connectivity index (χ0v) is 52.8. The number of aliphatic imine (C=N–C) groups is 1. The van der Waals surface area contributed by atoms with Crippen LogP contribution in [0.4, 0.5) is 0 Å². The van der Waals surface area contributed by atoms with Crippen LogP contribution < -0.4 is 87.2 Å². The number of aromatic nitrogens is 1. The van der Waals surface area contributed by atoms with Gasteiger partial charge in [-0.1, -0.05) is 72.6 Å². The summed E-state index contributed by atoms with van der Waals surface area (Å²) < 4.78 is 0. The number of rotatable bonds is 41.